The van der Waals surface area contributed by atoms with E-state index in [1.165, 1.54) is 17.0 Å². The third-order valence-electron chi connectivity index (χ3n) is 3.98. The van der Waals surface area contributed by atoms with E-state index in [1.807, 2.05) is 6.07 Å². The molecule has 150 valence electrons. The number of nitrogens with zero attached hydrogens (tertiary/aromatic N) is 1. The van der Waals surface area contributed by atoms with Crippen LogP contribution in [0.3, 0.4) is 0 Å². The highest BCUT2D eigenvalue weighted by molar-refractivity contribution is 5.93. The van der Waals surface area contributed by atoms with Gasteiger partial charge in [0.05, 0.1) is 12.1 Å². The quantitative estimate of drug-likeness (QED) is 0.753. The number of aryl methyl sites for hydroxylation is 1. The number of hydrogen-bond acceptors (Lipinski definition) is 3. The standard InChI is InChI=1S/C20H22F3N3O2/c1-26(2)19(28)10-9-14-5-3-8-17(11-14)25-18(27)13-24-16-7-4-6-15(12-16)20(21,22)23/h3-8,11-12,24H,9-10,13H2,1-2H3,(H,25,27). The Labute approximate surface area is 161 Å². The Kier molecular flexibility index (Phi) is 7.03. The molecule has 0 spiro atoms. The Hall–Kier alpha value is -3.03. The Balaban J connectivity index is 1.90. The summed E-state index contributed by atoms with van der Waals surface area (Å²) < 4.78 is 38.2. The number of benzene rings is 2. The first-order chi connectivity index (χ1) is 13.1. The molecular formula is C20H22F3N3O2. The minimum Gasteiger partial charge on any atom is -0.376 e. The van der Waals surface area contributed by atoms with Gasteiger partial charge in [-0.3, -0.25) is 9.59 Å². The summed E-state index contributed by atoms with van der Waals surface area (Å²) >= 11 is 0. The second-order valence-corrected chi connectivity index (χ2v) is 6.47. The van der Waals surface area contributed by atoms with Crippen molar-refractivity contribution in [1.29, 1.82) is 0 Å². The van der Waals surface area contributed by atoms with E-state index < -0.39 is 11.7 Å². The second-order valence-electron chi connectivity index (χ2n) is 6.47. The van der Waals surface area contributed by atoms with E-state index >= 15 is 0 Å². The maximum absolute atomic E-state index is 12.7. The van der Waals surface area contributed by atoms with Crippen LogP contribution in [0.25, 0.3) is 0 Å². The first kappa shape index (κ1) is 21.3. The SMILES string of the molecule is CN(C)C(=O)CCc1cccc(NC(=O)CNc2cccc(C(F)(F)F)c2)c1. The van der Waals surface area contributed by atoms with Crippen LogP contribution < -0.4 is 10.6 Å². The Morgan fingerprint density at radius 1 is 1.00 bits per heavy atom. The lowest BCUT2D eigenvalue weighted by atomic mass is 10.1. The molecule has 2 N–H and O–H groups in total. The number of carbonyl (C=O) groups excluding carboxylic acids is 2. The predicted octanol–water partition coefficient (Wildman–Crippen LogP) is 3.78. The molecule has 2 aromatic carbocycles. The van der Waals surface area contributed by atoms with Gasteiger partial charge in [-0.25, -0.2) is 0 Å². The molecule has 8 heteroatoms. The molecular weight excluding hydrogens is 371 g/mol. The highest BCUT2D eigenvalue weighted by Crippen LogP contribution is 2.30. The van der Waals surface area contributed by atoms with Gasteiger partial charge in [-0.1, -0.05) is 18.2 Å². The summed E-state index contributed by atoms with van der Waals surface area (Å²) in [6, 6.07) is 11.8. The Morgan fingerprint density at radius 3 is 2.36 bits per heavy atom. The summed E-state index contributed by atoms with van der Waals surface area (Å²) in [5, 5.41) is 5.37. The van der Waals surface area contributed by atoms with Gasteiger partial charge in [-0.2, -0.15) is 13.2 Å². The fraction of sp³-hybridized carbons (Fsp3) is 0.300. The fourth-order valence-electron chi connectivity index (χ4n) is 2.47. The molecule has 0 aliphatic rings. The van der Waals surface area contributed by atoms with Gasteiger partial charge >= 0.3 is 6.18 Å². The molecule has 0 bridgehead atoms. The van der Waals surface area contributed by atoms with E-state index in [-0.39, 0.29) is 24.0 Å². The number of amides is 2. The lowest BCUT2D eigenvalue weighted by Gasteiger charge is -2.12. The molecule has 2 rings (SSSR count). The minimum absolute atomic E-state index is 0.0136. The third-order valence-corrected chi connectivity index (χ3v) is 3.98. The molecule has 0 unspecified atom stereocenters. The zero-order chi connectivity index (χ0) is 20.7. The first-order valence-electron chi connectivity index (χ1n) is 8.65. The topological polar surface area (TPSA) is 61.4 Å². The van der Waals surface area contributed by atoms with Gasteiger partial charge in [0.1, 0.15) is 0 Å². The average Bonchev–Trinajstić information content (AvgIpc) is 2.64. The molecule has 0 saturated heterocycles. The molecule has 0 saturated carbocycles. The number of rotatable bonds is 7. The van der Waals surface area contributed by atoms with Gasteiger partial charge in [0.2, 0.25) is 11.8 Å². The van der Waals surface area contributed by atoms with Crippen molar-refractivity contribution in [2.75, 3.05) is 31.3 Å². The molecule has 0 aliphatic heterocycles. The lowest BCUT2D eigenvalue weighted by molar-refractivity contribution is -0.137. The summed E-state index contributed by atoms with van der Waals surface area (Å²) in [6.45, 7) is -0.176. The fourth-order valence-corrected chi connectivity index (χ4v) is 2.47. The van der Waals surface area contributed by atoms with Crippen LogP contribution in [0.5, 0.6) is 0 Å². The van der Waals surface area contributed by atoms with Crippen molar-refractivity contribution >= 4 is 23.2 Å². The van der Waals surface area contributed by atoms with Gasteiger partial charge in [-0.05, 0) is 42.3 Å². The highest BCUT2D eigenvalue weighted by Gasteiger charge is 2.30. The van der Waals surface area contributed by atoms with Gasteiger partial charge in [-0.15, -0.1) is 0 Å². The Morgan fingerprint density at radius 2 is 1.68 bits per heavy atom. The minimum atomic E-state index is -4.44. The normalized spacial score (nSPS) is 11.0. The maximum Gasteiger partial charge on any atom is 0.416 e. The third kappa shape index (κ3) is 6.61. The zero-order valence-electron chi connectivity index (χ0n) is 15.6. The van der Waals surface area contributed by atoms with Crippen molar-refractivity contribution in [3.8, 4) is 0 Å². The van der Waals surface area contributed by atoms with E-state index in [2.05, 4.69) is 10.6 Å². The summed E-state index contributed by atoms with van der Waals surface area (Å²) in [7, 11) is 3.38. The van der Waals surface area contributed by atoms with Crippen molar-refractivity contribution in [1.82, 2.24) is 4.90 Å². The van der Waals surface area contributed by atoms with Crippen LogP contribution in [0.1, 0.15) is 17.5 Å². The van der Waals surface area contributed by atoms with E-state index in [0.29, 0.717) is 18.5 Å². The van der Waals surface area contributed by atoms with Crippen LogP contribution in [-0.2, 0) is 22.2 Å². The predicted molar refractivity (Wildman–Crippen MR) is 102 cm³/mol. The van der Waals surface area contributed by atoms with E-state index in [0.717, 1.165) is 17.7 Å². The van der Waals surface area contributed by atoms with Crippen molar-refractivity contribution in [2.45, 2.75) is 19.0 Å². The van der Waals surface area contributed by atoms with Crippen molar-refractivity contribution < 1.29 is 22.8 Å². The van der Waals surface area contributed by atoms with Crippen LogP contribution in [0, 0.1) is 0 Å². The molecule has 2 amide bonds. The number of halogens is 3. The smallest absolute Gasteiger partial charge is 0.376 e. The van der Waals surface area contributed by atoms with Crippen LogP contribution in [0.2, 0.25) is 0 Å². The summed E-state index contributed by atoms with van der Waals surface area (Å²) in [4.78, 5) is 25.3. The monoisotopic (exact) mass is 393 g/mol. The van der Waals surface area contributed by atoms with E-state index in [9.17, 15) is 22.8 Å². The van der Waals surface area contributed by atoms with Crippen molar-refractivity contribution in [3.05, 3.63) is 59.7 Å². The van der Waals surface area contributed by atoms with Gasteiger partial charge in [0.15, 0.2) is 0 Å². The molecule has 28 heavy (non-hydrogen) atoms. The number of hydrogen-bond donors (Lipinski definition) is 2. The van der Waals surface area contributed by atoms with Crippen LogP contribution in [0.15, 0.2) is 48.5 Å². The number of alkyl halides is 3. The van der Waals surface area contributed by atoms with Crippen LogP contribution >= 0.6 is 0 Å². The van der Waals surface area contributed by atoms with Gasteiger partial charge in [0.25, 0.3) is 0 Å². The maximum atomic E-state index is 12.7. The van der Waals surface area contributed by atoms with Crippen molar-refractivity contribution in [3.63, 3.8) is 0 Å². The van der Waals surface area contributed by atoms with E-state index in [1.54, 1.807) is 32.3 Å². The molecule has 0 atom stereocenters. The molecule has 0 heterocycles. The van der Waals surface area contributed by atoms with Gasteiger partial charge in [0, 0.05) is 31.9 Å². The molecule has 5 nitrogen and oxygen atoms in total. The van der Waals surface area contributed by atoms with Crippen molar-refractivity contribution in [2.24, 2.45) is 0 Å². The highest BCUT2D eigenvalue weighted by atomic mass is 19.4. The average molecular weight is 393 g/mol. The number of carbonyl (C=O) groups is 2. The number of anilines is 2. The Bertz CT molecular complexity index is 835. The second kappa shape index (κ2) is 9.25. The molecule has 0 aliphatic carbocycles. The summed E-state index contributed by atoms with van der Waals surface area (Å²) in [6.07, 6.45) is -3.53. The largest absolute Gasteiger partial charge is 0.416 e. The summed E-state index contributed by atoms with van der Waals surface area (Å²) in [5.74, 6) is -0.376. The van der Waals surface area contributed by atoms with Crippen LogP contribution in [-0.4, -0.2) is 37.4 Å². The first-order valence-corrected chi connectivity index (χ1v) is 8.65. The number of nitrogens with one attached hydrogen (secondary N) is 2. The zero-order valence-corrected chi connectivity index (χ0v) is 15.6. The van der Waals surface area contributed by atoms with Crippen LogP contribution in [0.4, 0.5) is 24.5 Å². The molecule has 2 aromatic rings. The van der Waals surface area contributed by atoms with E-state index in [4.69, 9.17) is 0 Å². The molecule has 0 fully saturated rings. The molecule has 0 aromatic heterocycles. The lowest BCUT2D eigenvalue weighted by Crippen LogP contribution is -2.22. The molecule has 0 radical (unpaired) electrons. The van der Waals surface area contributed by atoms with Gasteiger partial charge < -0.3 is 15.5 Å². The summed E-state index contributed by atoms with van der Waals surface area (Å²) in [5.41, 5.74) is 0.892.